The molecule has 2 N–H and O–H groups in total. The van der Waals surface area contributed by atoms with Crippen molar-refractivity contribution in [3.8, 4) is 0 Å². The Morgan fingerprint density at radius 3 is 2.29 bits per heavy atom. The number of alkyl halides is 3. The number of halogens is 4. The minimum atomic E-state index is -4.35. The van der Waals surface area contributed by atoms with Crippen LogP contribution in [0, 0.1) is 0 Å². The van der Waals surface area contributed by atoms with Gasteiger partial charge in [0.15, 0.2) is 0 Å². The molecule has 0 aromatic heterocycles. The highest BCUT2D eigenvalue weighted by atomic mass is 35.5. The summed E-state index contributed by atoms with van der Waals surface area (Å²) in [5.41, 5.74) is 5.18. The summed E-state index contributed by atoms with van der Waals surface area (Å²) < 4.78 is 37.9. The van der Waals surface area contributed by atoms with Crippen molar-refractivity contribution in [2.24, 2.45) is 5.73 Å². The molecule has 17 heavy (non-hydrogen) atoms. The van der Waals surface area contributed by atoms with Crippen LogP contribution in [0.1, 0.15) is 36.8 Å². The van der Waals surface area contributed by atoms with E-state index in [1.807, 2.05) is 0 Å². The molecule has 1 fully saturated rings. The minimum Gasteiger partial charge on any atom is -0.321 e. The molecule has 94 valence electrons. The van der Waals surface area contributed by atoms with Crippen LogP contribution in [0.25, 0.3) is 0 Å². The third-order valence-corrected chi connectivity index (χ3v) is 3.66. The molecule has 0 spiro atoms. The van der Waals surface area contributed by atoms with Crippen molar-refractivity contribution in [3.05, 3.63) is 34.3 Å². The van der Waals surface area contributed by atoms with Crippen LogP contribution in [-0.2, 0) is 11.7 Å². The summed E-state index contributed by atoms with van der Waals surface area (Å²) in [6, 6.07) is 3.37. The smallest absolute Gasteiger partial charge is 0.321 e. The number of benzene rings is 1. The molecule has 0 unspecified atom stereocenters. The maximum atomic E-state index is 12.6. The van der Waals surface area contributed by atoms with Gasteiger partial charge in [-0.05, 0) is 36.6 Å². The van der Waals surface area contributed by atoms with Gasteiger partial charge in [-0.2, -0.15) is 13.2 Å². The first-order valence-corrected chi connectivity index (χ1v) is 5.87. The van der Waals surface area contributed by atoms with Gasteiger partial charge in [0.05, 0.1) is 5.56 Å². The van der Waals surface area contributed by atoms with Gasteiger partial charge in [-0.15, -0.1) is 0 Å². The first-order valence-electron chi connectivity index (χ1n) is 5.49. The number of nitrogens with two attached hydrogens (primary N) is 1. The second-order valence-electron chi connectivity index (χ2n) is 4.56. The monoisotopic (exact) mass is 263 g/mol. The highest BCUT2D eigenvalue weighted by Gasteiger charge is 2.36. The molecule has 1 saturated carbocycles. The average Bonchev–Trinajstić information content (AvgIpc) is 2.65. The lowest BCUT2D eigenvalue weighted by molar-refractivity contribution is -0.137. The van der Waals surface area contributed by atoms with E-state index in [2.05, 4.69) is 0 Å². The number of rotatable bonds is 1. The van der Waals surface area contributed by atoms with Crippen molar-refractivity contribution < 1.29 is 13.2 Å². The second-order valence-corrected chi connectivity index (χ2v) is 4.96. The molecule has 0 heterocycles. The first-order chi connectivity index (χ1) is 7.83. The predicted octanol–water partition coefficient (Wildman–Crippen LogP) is 4.09. The molecule has 1 aliphatic rings. The standard InChI is InChI=1S/C12H13ClF3N/c13-10-4-3-8(12(14,15)16)7-9(10)11(17)5-1-2-6-11/h3-4,7H,1-2,5-6,17H2. The average molecular weight is 264 g/mol. The van der Waals surface area contributed by atoms with Crippen LogP contribution in [-0.4, -0.2) is 0 Å². The highest BCUT2D eigenvalue weighted by Crippen LogP contribution is 2.41. The topological polar surface area (TPSA) is 26.0 Å². The van der Waals surface area contributed by atoms with Gasteiger partial charge in [0, 0.05) is 10.6 Å². The third kappa shape index (κ3) is 2.43. The van der Waals surface area contributed by atoms with Crippen molar-refractivity contribution in [1.82, 2.24) is 0 Å². The van der Waals surface area contributed by atoms with Crippen LogP contribution < -0.4 is 5.73 Å². The van der Waals surface area contributed by atoms with E-state index in [4.69, 9.17) is 17.3 Å². The molecule has 5 heteroatoms. The van der Waals surface area contributed by atoms with Crippen molar-refractivity contribution in [2.75, 3.05) is 0 Å². The van der Waals surface area contributed by atoms with Gasteiger partial charge in [-0.25, -0.2) is 0 Å². The van der Waals surface area contributed by atoms with Crippen molar-refractivity contribution in [2.45, 2.75) is 37.4 Å². The molecule has 1 aromatic carbocycles. The van der Waals surface area contributed by atoms with Gasteiger partial charge < -0.3 is 5.73 Å². The summed E-state index contributed by atoms with van der Waals surface area (Å²) in [7, 11) is 0. The summed E-state index contributed by atoms with van der Waals surface area (Å²) >= 11 is 5.97. The Morgan fingerprint density at radius 2 is 1.76 bits per heavy atom. The zero-order valence-electron chi connectivity index (χ0n) is 9.15. The Kier molecular flexibility index (Phi) is 3.12. The summed E-state index contributed by atoms with van der Waals surface area (Å²) in [5.74, 6) is 0. The van der Waals surface area contributed by atoms with Gasteiger partial charge in [0.2, 0.25) is 0 Å². The van der Waals surface area contributed by atoms with Crippen molar-refractivity contribution in [1.29, 1.82) is 0 Å². The van der Waals surface area contributed by atoms with Gasteiger partial charge >= 0.3 is 6.18 Å². The number of hydrogen-bond donors (Lipinski definition) is 1. The zero-order chi connectivity index (χ0) is 12.7. The summed E-state index contributed by atoms with van der Waals surface area (Å²) in [4.78, 5) is 0. The van der Waals surface area contributed by atoms with E-state index in [-0.39, 0.29) is 0 Å². The molecular weight excluding hydrogens is 251 g/mol. The molecule has 0 aliphatic heterocycles. The maximum absolute atomic E-state index is 12.6. The Morgan fingerprint density at radius 1 is 1.18 bits per heavy atom. The zero-order valence-corrected chi connectivity index (χ0v) is 9.91. The highest BCUT2D eigenvalue weighted by molar-refractivity contribution is 6.31. The molecule has 1 aromatic rings. The fourth-order valence-corrected chi connectivity index (χ4v) is 2.66. The van der Waals surface area contributed by atoms with E-state index >= 15 is 0 Å². The van der Waals surface area contributed by atoms with Crippen molar-refractivity contribution >= 4 is 11.6 Å². The Balaban J connectivity index is 2.46. The second kappa shape index (κ2) is 4.18. The molecule has 0 saturated heterocycles. The Labute approximate surface area is 103 Å². The van der Waals surface area contributed by atoms with E-state index in [1.165, 1.54) is 6.07 Å². The van der Waals surface area contributed by atoms with E-state index in [0.29, 0.717) is 23.4 Å². The third-order valence-electron chi connectivity index (χ3n) is 3.33. The minimum absolute atomic E-state index is 0.322. The lowest BCUT2D eigenvalue weighted by Crippen LogP contribution is -2.33. The van der Waals surface area contributed by atoms with Crippen LogP contribution in [0.4, 0.5) is 13.2 Å². The largest absolute Gasteiger partial charge is 0.416 e. The van der Waals surface area contributed by atoms with Gasteiger partial charge in [-0.3, -0.25) is 0 Å². The Hall–Kier alpha value is -0.740. The SMILES string of the molecule is NC1(c2cc(C(F)(F)F)ccc2Cl)CCCC1. The lowest BCUT2D eigenvalue weighted by Gasteiger charge is -2.26. The molecule has 1 aliphatic carbocycles. The quantitative estimate of drug-likeness (QED) is 0.811. The van der Waals surface area contributed by atoms with E-state index in [9.17, 15) is 13.2 Å². The molecule has 1 nitrogen and oxygen atoms in total. The van der Waals surface area contributed by atoms with E-state index in [1.54, 1.807) is 0 Å². The summed E-state index contributed by atoms with van der Waals surface area (Å²) in [6.45, 7) is 0. The van der Waals surface area contributed by atoms with Crippen LogP contribution in [0.3, 0.4) is 0 Å². The fraction of sp³-hybridized carbons (Fsp3) is 0.500. The maximum Gasteiger partial charge on any atom is 0.416 e. The van der Waals surface area contributed by atoms with Crippen LogP contribution in [0.15, 0.2) is 18.2 Å². The van der Waals surface area contributed by atoms with Crippen molar-refractivity contribution in [3.63, 3.8) is 0 Å². The lowest BCUT2D eigenvalue weighted by atomic mass is 9.88. The first kappa shape index (κ1) is 12.7. The molecule has 0 radical (unpaired) electrons. The van der Waals surface area contributed by atoms with Gasteiger partial charge in [0.1, 0.15) is 0 Å². The van der Waals surface area contributed by atoms with Crippen LogP contribution in [0.2, 0.25) is 5.02 Å². The van der Waals surface area contributed by atoms with E-state index < -0.39 is 17.3 Å². The molecule has 0 amide bonds. The molecular formula is C12H13ClF3N. The number of hydrogen-bond acceptors (Lipinski definition) is 1. The van der Waals surface area contributed by atoms with E-state index in [0.717, 1.165) is 25.0 Å². The van der Waals surface area contributed by atoms with Gasteiger partial charge in [-0.1, -0.05) is 24.4 Å². The van der Waals surface area contributed by atoms with Gasteiger partial charge in [0.25, 0.3) is 0 Å². The predicted molar refractivity (Wildman–Crippen MR) is 60.8 cm³/mol. The fourth-order valence-electron chi connectivity index (χ4n) is 2.36. The van der Waals surface area contributed by atoms with Crippen LogP contribution in [0.5, 0.6) is 0 Å². The Bertz CT molecular complexity index is 422. The summed E-state index contributed by atoms with van der Waals surface area (Å²) in [5, 5.41) is 0.322. The normalized spacial score (nSPS) is 19.6. The van der Waals surface area contributed by atoms with Crippen LogP contribution >= 0.6 is 11.6 Å². The molecule has 0 bridgehead atoms. The molecule has 2 rings (SSSR count). The summed E-state index contributed by atoms with van der Waals surface area (Å²) in [6.07, 6.45) is -1.11. The molecule has 0 atom stereocenters.